The number of hydrogen-bond donors (Lipinski definition) is 0. The maximum Gasteiger partial charge on any atom is 0.236 e. The number of furan rings is 1. The Kier molecular flexibility index (Phi) is 3.82. The van der Waals surface area contributed by atoms with Gasteiger partial charge in [-0.15, -0.1) is 0 Å². The second-order valence-electron chi connectivity index (χ2n) is 4.80. The second-order valence-corrected chi connectivity index (χ2v) is 5.61. The molecule has 0 fully saturated rings. The maximum absolute atomic E-state index is 12.6. The van der Waals surface area contributed by atoms with E-state index in [1.165, 1.54) is 18.2 Å². The molecule has 1 aromatic carbocycles. The van der Waals surface area contributed by atoms with Crippen LogP contribution in [0.2, 0.25) is 10.0 Å². The minimum atomic E-state index is -0.973. The highest BCUT2D eigenvalue weighted by atomic mass is 35.5. The topological polar surface area (TPSA) is 64.3 Å². The average molecular weight is 341 g/mol. The van der Waals surface area contributed by atoms with Crippen LogP contribution in [0.15, 0.2) is 34.4 Å². The summed E-state index contributed by atoms with van der Waals surface area (Å²) in [5, 5.41) is 0.463. The SMILES string of the molecule is [B]C1=C([B])c2occ(C(=O)c3ccc(Cl)c(Cl)c3)c2C(=O)C1=O. The van der Waals surface area contributed by atoms with Crippen molar-refractivity contribution in [2.75, 3.05) is 0 Å². The second kappa shape index (κ2) is 5.55. The fraction of sp³-hybridized carbons (Fsp3) is 0. The van der Waals surface area contributed by atoms with Crippen molar-refractivity contribution >= 4 is 61.7 Å². The monoisotopic (exact) mass is 340 g/mol. The molecular weight excluding hydrogens is 337 g/mol. The molecule has 0 saturated heterocycles. The molecule has 0 N–H and O–H groups in total. The number of benzene rings is 1. The van der Waals surface area contributed by atoms with Gasteiger partial charge < -0.3 is 4.42 Å². The van der Waals surface area contributed by atoms with E-state index < -0.39 is 22.8 Å². The van der Waals surface area contributed by atoms with Crippen molar-refractivity contribution < 1.29 is 18.8 Å². The third-order valence-electron chi connectivity index (χ3n) is 3.43. The Morgan fingerprint density at radius 2 is 1.70 bits per heavy atom. The third-order valence-corrected chi connectivity index (χ3v) is 4.17. The number of ketones is 3. The van der Waals surface area contributed by atoms with E-state index in [0.717, 1.165) is 6.26 Å². The van der Waals surface area contributed by atoms with E-state index in [1.54, 1.807) is 0 Å². The van der Waals surface area contributed by atoms with Gasteiger partial charge in [-0.25, -0.2) is 0 Å². The molecule has 1 heterocycles. The quantitative estimate of drug-likeness (QED) is 0.479. The molecule has 3 rings (SSSR count). The van der Waals surface area contributed by atoms with E-state index in [0.29, 0.717) is 0 Å². The molecule has 4 nitrogen and oxygen atoms in total. The first-order chi connectivity index (χ1) is 10.8. The van der Waals surface area contributed by atoms with Gasteiger partial charge in [0.25, 0.3) is 0 Å². The summed E-state index contributed by atoms with van der Waals surface area (Å²) in [4.78, 5) is 36.5. The van der Waals surface area contributed by atoms with E-state index in [9.17, 15) is 14.4 Å². The lowest BCUT2D eigenvalue weighted by Gasteiger charge is -2.13. The van der Waals surface area contributed by atoms with Crippen molar-refractivity contribution in [1.82, 2.24) is 0 Å². The van der Waals surface area contributed by atoms with Crippen LogP contribution in [0.5, 0.6) is 0 Å². The Morgan fingerprint density at radius 1 is 1.00 bits per heavy atom. The van der Waals surface area contributed by atoms with E-state index >= 15 is 0 Å². The standard InChI is InChI=1S/C15H4B2Cl2O4/c16-10-11(17)15-9(13(21)14(10)22)6(4-23-15)12(20)5-1-2-7(18)8(19)3-5/h1-4H. The predicted octanol–water partition coefficient (Wildman–Crippen LogP) is 2.59. The van der Waals surface area contributed by atoms with E-state index in [1.807, 2.05) is 0 Å². The molecule has 0 unspecified atom stereocenters. The molecule has 108 valence electrons. The fourth-order valence-corrected chi connectivity index (χ4v) is 2.52. The smallest absolute Gasteiger partial charge is 0.236 e. The Bertz CT molecular complexity index is 928. The van der Waals surface area contributed by atoms with Gasteiger partial charge in [0.2, 0.25) is 11.6 Å². The van der Waals surface area contributed by atoms with Crippen molar-refractivity contribution in [2.45, 2.75) is 0 Å². The van der Waals surface area contributed by atoms with Crippen LogP contribution < -0.4 is 0 Å². The highest BCUT2D eigenvalue weighted by molar-refractivity contribution is 6.68. The Labute approximate surface area is 143 Å². The first-order valence-electron chi connectivity index (χ1n) is 6.28. The number of rotatable bonds is 2. The molecule has 1 aromatic heterocycles. The molecule has 0 spiro atoms. The van der Waals surface area contributed by atoms with Gasteiger partial charge in [0.15, 0.2) is 5.78 Å². The molecule has 0 aliphatic heterocycles. The molecule has 0 amide bonds. The van der Waals surface area contributed by atoms with Gasteiger partial charge in [-0.1, -0.05) is 28.7 Å². The lowest BCUT2D eigenvalue weighted by molar-refractivity contribution is -0.111. The van der Waals surface area contributed by atoms with E-state index in [4.69, 9.17) is 43.3 Å². The van der Waals surface area contributed by atoms with Gasteiger partial charge in [-0.3, -0.25) is 14.4 Å². The molecule has 4 radical (unpaired) electrons. The summed E-state index contributed by atoms with van der Waals surface area (Å²) in [5.74, 6) is -2.55. The lowest BCUT2D eigenvalue weighted by Crippen LogP contribution is -2.25. The van der Waals surface area contributed by atoms with Gasteiger partial charge in [0, 0.05) is 5.56 Å². The van der Waals surface area contributed by atoms with Gasteiger partial charge >= 0.3 is 0 Å². The highest BCUT2D eigenvalue weighted by Gasteiger charge is 2.35. The van der Waals surface area contributed by atoms with Gasteiger partial charge in [-0.05, 0) is 23.7 Å². The van der Waals surface area contributed by atoms with Crippen LogP contribution >= 0.6 is 23.2 Å². The van der Waals surface area contributed by atoms with Crippen LogP contribution in [-0.4, -0.2) is 33.0 Å². The first kappa shape index (κ1) is 15.8. The maximum atomic E-state index is 12.6. The van der Waals surface area contributed by atoms with Crippen LogP contribution in [0.4, 0.5) is 0 Å². The van der Waals surface area contributed by atoms with Crippen molar-refractivity contribution in [1.29, 1.82) is 0 Å². The zero-order valence-electron chi connectivity index (χ0n) is 11.4. The number of hydrogen-bond acceptors (Lipinski definition) is 4. The van der Waals surface area contributed by atoms with Crippen LogP contribution in [0.25, 0.3) is 5.47 Å². The Hall–Kier alpha value is -2.04. The fourth-order valence-electron chi connectivity index (χ4n) is 2.22. The molecule has 1 aliphatic carbocycles. The number of carbonyl (C=O) groups is 3. The van der Waals surface area contributed by atoms with Crippen LogP contribution in [-0.2, 0) is 4.79 Å². The summed E-state index contributed by atoms with van der Waals surface area (Å²) >= 11 is 11.7. The Balaban J connectivity index is 2.15. The summed E-state index contributed by atoms with van der Waals surface area (Å²) < 4.78 is 5.17. The zero-order chi connectivity index (χ0) is 16.9. The van der Waals surface area contributed by atoms with Gasteiger partial charge in [0.05, 0.1) is 21.2 Å². The minimum absolute atomic E-state index is 0.0875. The predicted molar refractivity (Wildman–Crippen MR) is 86.4 cm³/mol. The van der Waals surface area contributed by atoms with Crippen LogP contribution in [0, 0.1) is 0 Å². The molecule has 0 bridgehead atoms. The van der Waals surface area contributed by atoms with Crippen LogP contribution in [0.3, 0.4) is 0 Å². The van der Waals surface area contributed by atoms with E-state index in [2.05, 4.69) is 0 Å². The van der Waals surface area contributed by atoms with Crippen molar-refractivity contribution in [3.05, 3.63) is 62.4 Å². The van der Waals surface area contributed by atoms with Crippen molar-refractivity contribution in [3.8, 4) is 0 Å². The molecule has 1 aliphatic rings. The minimum Gasteiger partial charge on any atom is -0.464 e. The summed E-state index contributed by atoms with van der Waals surface area (Å²) in [5.41, 5.74) is -0.669. The number of halogens is 2. The van der Waals surface area contributed by atoms with Crippen LogP contribution in [0.1, 0.15) is 32.0 Å². The van der Waals surface area contributed by atoms with Gasteiger partial charge in [0.1, 0.15) is 27.7 Å². The molecular formula is C15H4B2Cl2O4. The van der Waals surface area contributed by atoms with E-state index in [-0.39, 0.29) is 38.0 Å². The van der Waals surface area contributed by atoms with Crippen molar-refractivity contribution in [2.24, 2.45) is 0 Å². The number of carbonyl (C=O) groups excluding carboxylic acids is 3. The zero-order valence-corrected chi connectivity index (χ0v) is 12.9. The third kappa shape index (κ3) is 2.38. The average Bonchev–Trinajstić information content (AvgIpc) is 2.97. The Morgan fingerprint density at radius 3 is 2.35 bits per heavy atom. The molecule has 2 aromatic rings. The molecule has 0 saturated carbocycles. The first-order valence-corrected chi connectivity index (χ1v) is 7.04. The molecule has 8 heteroatoms. The largest absolute Gasteiger partial charge is 0.464 e. The number of Topliss-reactive ketones (excluding diaryl/α,β-unsaturated/α-hetero) is 2. The van der Waals surface area contributed by atoms with Crippen molar-refractivity contribution in [3.63, 3.8) is 0 Å². The summed E-state index contributed by atoms with van der Waals surface area (Å²) in [6.45, 7) is 0. The molecule has 23 heavy (non-hydrogen) atoms. The summed E-state index contributed by atoms with van der Waals surface area (Å²) in [6.07, 6.45) is 1.06. The van der Waals surface area contributed by atoms with Gasteiger partial charge in [-0.2, -0.15) is 0 Å². The normalized spacial score (nSPS) is 14.2. The molecule has 0 atom stereocenters. The summed E-state index contributed by atoms with van der Waals surface area (Å²) in [6, 6.07) is 4.25. The lowest BCUT2D eigenvalue weighted by atomic mass is 9.70. The highest BCUT2D eigenvalue weighted by Crippen LogP contribution is 2.32. The number of fused-ring (bicyclic) bond motifs is 1. The summed E-state index contributed by atoms with van der Waals surface area (Å²) in [7, 11) is 11.1. The number of allylic oxidation sites excluding steroid dienone is 1.